The van der Waals surface area contributed by atoms with Gasteiger partial charge in [-0.25, -0.2) is 0 Å². The van der Waals surface area contributed by atoms with E-state index in [1.165, 1.54) is 11.1 Å². The van der Waals surface area contributed by atoms with Crippen molar-refractivity contribution in [3.63, 3.8) is 0 Å². The Hall–Kier alpha value is -2.87. The molecule has 0 spiro atoms. The number of amides is 1. The van der Waals surface area contributed by atoms with Crippen LogP contribution < -0.4 is 5.32 Å². The lowest BCUT2D eigenvalue weighted by Gasteiger charge is -2.32. The van der Waals surface area contributed by atoms with Gasteiger partial charge in [0.15, 0.2) is 0 Å². The van der Waals surface area contributed by atoms with Gasteiger partial charge in [-0.2, -0.15) is 0 Å². The van der Waals surface area contributed by atoms with E-state index < -0.39 is 5.41 Å². The highest BCUT2D eigenvalue weighted by atomic mass is 16.2. The molecule has 3 aromatic rings. The minimum Gasteiger partial charge on any atom is -0.344 e. The van der Waals surface area contributed by atoms with Gasteiger partial charge < -0.3 is 5.32 Å². The Morgan fingerprint density at radius 2 is 1.48 bits per heavy atom. The van der Waals surface area contributed by atoms with E-state index in [0.29, 0.717) is 0 Å². The van der Waals surface area contributed by atoms with Crippen LogP contribution in [-0.4, -0.2) is 5.91 Å². The maximum absolute atomic E-state index is 13.8. The second-order valence-corrected chi connectivity index (χ2v) is 8.33. The van der Waals surface area contributed by atoms with E-state index in [1.54, 1.807) is 0 Å². The molecule has 0 saturated heterocycles. The van der Waals surface area contributed by atoms with Crippen molar-refractivity contribution >= 4 is 5.91 Å². The molecule has 1 amide bonds. The number of aryl methyl sites for hydroxylation is 2. The van der Waals surface area contributed by atoms with Gasteiger partial charge in [0.25, 0.3) is 0 Å². The highest BCUT2D eigenvalue weighted by Gasteiger charge is 2.43. The standard InChI is InChI=1S/C27H29NO/c1-20-15-16-24(21(2)19-20)25(22-11-5-3-6-12-22)28-26(29)27(17-9-10-18-27)23-13-7-4-8-14-23/h3-8,11-16,19,25H,9-10,17-18H2,1-2H3,(H,28,29)/t25-/m0/s1. The predicted molar refractivity (Wildman–Crippen MR) is 119 cm³/mol. The van der Waals surface area contributed by atoms with Gasteiger partial charge in [-0.05, 0) is 48.9 Å². The Bertz CT molecular complexity index is 972. The smallest absolute Gasteiger partial charge is 0.231 e. The molecule has 1 fully saturated rings. The third kappa shape index (κ3) is 3.85. The molecule has 1 aliphatic rings. The first-order chi connectivity index (χ1) is 14.1. The monoisotopic (exact) mass is 383 g/mol. The van der Waals surface area contributed by atoms with Crippen LogP contribution in [0, 0.1) is 13.8 Å². The fourth-order valence-corrected chi connectivity index (χ4v) is 4.79. The molecule has 4 rings (SSSR count). The summed E-state index contributed by atoms with van der Waals surface area (Å²) in [6.45, 7) is 4.24. The zero-order valence-corrected chi connectivity index (χ0v) is 17.3. The number of nitrogens with one attached hydrogen (secondary N) is 1. The third-order valence-corrected chi connectivity index (χ3v) is 6.36. The van der Waals surface area contributed by atoms with Gasteiger partial charge in [-0.15, -0.1) is 0 Å². The third-order valence-electron chi connectivity index (χ3n) is 6.36. The van der Waals surface area contributed by atoms with E-state index in [4.69, 9.17) is 0 Å². The lowest BCUT2D eigenvalue weighted by atomic mass is 9.77. The number of hydrogen-bond donors (Lipinski definition) is 1. The topological polar surface area (TPSA) is 29.1 Å². The first-order valence-corrected chi connectivity index (χ1v) is 10.6. The molecule has 2 heteroatoms. The molecule has 2 nitrogen and oxygen atoms in total. The molecule has 0 aromatic heterocycles. The Balaban J connectivity index is 1.73. The van der Waals surface area contributed by atoms with E-state index in [0.717, 1.165) is 42.4 Å². The molecule has 29 heavy (non-hydrogen) atoms. The molecule has 0 heterocycles. The normalized spacial score (nSPS) is 16.3. The van der Waals surface area contributed by atoms with Crippen molar-refractivity contribution in [2.75, 3.05) is 0 Å². The maximum Gasteiger partial charge on any atom is 0.231 e. The molecule has 3 aromatic carbocycles. The van der Waals surface area contributed by atoms with Gasteiger partial charge in [0.05, 0.1) is 11.5 Å². The predicted octanol–water partition coefficient (Wildman–Crippen LogP) is 6.02. The minimum atomic E-state index is -0.424. The highest BCUT2D eigenvalue weighted by molar-refractivity contribution is 5.89. The first-order valence-electron chi connectivity index (χ1n) is 10.6. The van der Waals surface area contributed by atoms with Gasteiger partial charge in [0, 0.05) is 0 Å². The highest BCUT2D eigenvalue weighted by Crippen LogP contribution is 2.42. The summed E-state index contributed by atoms with van der Waals surface area (Å²) >= 11 is 0. The molecule has 0 bridgehead atoms. The van der Waals surface area contributed by atoms with Crippen LogP contribution in [0.5, 0.6) is 0 Å². The van der Waals surface area contributed by atoms with E-state index >= 15 is 0 Å². The van der Waals surface area contributed by atoms with Gasteiger partial charge >= 0.3 is 0 Å². The van der Waals surface area contributed by atoms with Gasteiger partial charge in [-0.1, -0.05) is 97.3 Å². The Kier molecular flexibility index (Phi) is 5.53. The van der Waals surface area contributed by atoms with Crippen molar-refractivity contribution in [2.45, 2.75) is 51.0 Å². The van der Waals surface area contributed by atoms with Crippen molar-refractivity contribution in [3.8, 4) is 0 Å². The quantitative estimate of drug-likeness (QED) is 0.573. The Morgan fingerprint density at radius 1 is 0.862 bits per heavy atom. The molecule has 148 valence electrons. The summed E-state index contributed by atoms with van der Waals surface area (Å²) in [6.07, 6.45) is 4.03. The average molecular weight is 384 g/mol. The van der Waals surface area contributed by atoms with Crippen LogP contribution >= 0.6 is 0 Å². The van der Waals surface area contributed by atoms with Crippen molar-refractivity contribution in [2.24, 2.45) is 0 Å². The molecule has 0 unspecified atom stereocenters. The second kappa shape index (κ2) is 8.24. The lowest BCUT2D eigenvalue weighted by Crippen LogP contribution is -2.44. The van der Waals surface area contributed by atoms with Gasteiger partial charge in [-0.3, -0.25) is 4.79 Å². The first kappa shape index (κ1) is 19.4. The van der Waals surface area contributed by atoms with Gasteiger partial charge in [0.1, 0.15) is 0 Å². The zero-order valence-electron chi connectivity index (χ0n) is 17.3. The number of hydrogen-bond acceptors (Lipinski definition) is 1. The molecule has 1 aliphatic carbocycles. The molecule has 0 radical (unpaired) electrons. The lowest BCUT2D eigenvalue weighted by molar-refractivity contribution is -0.127. The van der Waals surface area contributed by atoms with Crippen molar-refractivity contribution in [1.82, 2.24) is 5.32 Å². The number of carbonyl (C=O) groups is 1. The van der Waals surface area contributed by atoms with Crippen LogP contribution in [0.3, 0.4) is 0 Å². The fraction of sp³-hybridized carbons (Fsp3) is 0.296. The zero-order chi connectivity index (χ0) is 20.3. The van der Waals surface area contributed by atoms with Crippen LogP contribution in [0.15, 0.2) is 78.9 Å². The van der Waals surface area contributed by atoms with E-state index in [2.05, 4.69) is 61.6 Å². The summed E-state index contributed by atoms with van der Waals surface area (Å²) in [4.78, 5) is 13.8. The fourth-order valence-electron chi connectivity index (χ4n) is 4.79. The summed E-state index contributed by atoms with van der Waals surface area (Å²) < 4.78 is 0. The van der Waals surface area contributed by atoms with Crippen molar-refractivity contribution < 1.29 is 4.79 Å². The van der Waals surface area contributed by atoms with Crippen molar-refractivity contribution in [1.29, 1.82) is 0 Å². The summed E-state index contributed by atoms with van der Waals surface area (Å²) in [6, 6.07) is 27.0. The minimum absolute atomic E-state index is 0.148. The van der Waals surface area contributed by atoms with Crippen LogP contribution in [0.1, 0.15) is 59.5 Å². The SMILES string of the molecule is Cc1ccc([C@@H](NC(=O)C2(c3ccccc3)CCCC2)c2ccccc2)c(C)c1. The van der Waals surface area contributed by atoms with Crippen LogP contribution in [0.2, 0.25) is 0 Å². The molecule has 1 atom stereocenters. The molecule has 1 saturated carbocycles. The molecule has 0 aliphatic heterocycles. The summed E-state index contributed by atoms with van der Waals surface area (Å²) in [7, 11) is 0. The van der Waals surface area contributed by atoms with E-state index in [1.807, 2.05) is 36.4 Å². The number of rotatable bonds is 5. The summed E-state index contributed by atoms with van der Waals surface area (Å²) in [5, 5.41) is 3.45. The van der Waals surface area contributed by atoms with E-state index in [-0.39, 0.29) is 11.9 Å². The van der Waals surface area contributed by atoms with Crippen molar-refractivity contribution in [3.05, 3.63) is 107 Å². The average Bonchev–Trinajstić information content (AvgIpc) is 3.25. The molecule has 1 N–H and O–H groups in total. The van der Waals surface area contributed by atoms with Crippen LogP contribution in [0.4, 0.5) is 0 Å². The van der Waals surface area contributed by atoms with Crippen LogP contribution in [0.25, 0.3) is 0 Å². The Labute approximate surface area is 174 Å². The number of benzene rings is 3. The summed E-state index contributed by atoms with van der Waals surface area (Å²) in [5.74, 6) is 0.148. The second-order valence-electron chi connectivity index (χ2n) is 8.33. The van der Waals surface area contributed by atoms with Gasteiger partial charge in [0.2, 0.25) is 5.91 Å². The number of carbonyl (C=O) groups excluding carboxylic acids is 1. The largest absolute Gasteiger partial charge is 0.344 e. The summed E-state index contributed by atoms with van der Waals surface area (Å²) in [5.41, 5.74) is 5.44. The van der Waals surface area contributed by atoms with E-state index in [9.17, 15) is 4.79 Å². The maximum atomic E-state index is 13.8. The molecular formula is C27H29NO. The molecular weight excluding hydrogens is 354 g/mol. The Morgan fingerprint density at radius 3 is 2.10 bits per heavy atom. The van der Waals surface area contributed by atoms with Crippen LogP contribution in [-0.2, 0) is 10.2 Å².